The lowest BCUT2D eigenvalue weighted by molar-refractivity contribution is -0.384. The average Bonchev–Trinajstić information content (AvgIpc) is 3.04. The number of allylic oxidation sites excluding steroid dienone is 1. The summed E-state index contributed by atoms with van der Waals surface area (Å²) in [7, 11) is 1.48. The van der Waals surface area contributed by atoms with E-state index in [0.29, 0.717) is 29.9 Å². The molecule has 0 bridgehead atoms. The first-order chi connectivity index (χ1) is 11.7. The minimum absolute atomic E-state index is 0.0257. The van der Waals surface area contributed by atoms with Crippen LogP contribution in [0.2, 0.25) is 0 Å². The van der Waals surface area contributed by atoms with Crippen molar-refractivity contribution in [2.75, 3.05) is 13.7 Å². The van der Waals surface area contributed by atoms with Gasteiger partial charge < -0.3 is 14.2 Å². The highest BCUT2D eigenvalue weighted by Gasteiger charge is 2.33. The van der Waals surface area contributed by atoms with Crippen molar-refractivity contribution in [3.8, 4) is 0 Å². The minimum Gasteiger partial charge on any atom is -0.497 e. The second kappa shape index (κ2) is 7.65. The van der Waals surface area contributed by atoms with Gasteiger partial charge in [-0.2, -0.15) is 0 Å². The number of non-ortho nitro benzene ring substituents is 1. The number of ether oxygens (including phenoxy) is 3. The highest BCUT2D eigenvalue weighted by Crippen LogP contribution is 2.34. The molecule has 1 unspecified atom stereocenters. The van der Waals surface area contributed by atoms with Crippen molar-refractivity contribution in [1.29, 1.82) is 0 Å². The van der Waals surface area contributed by atoms with Crippen LogP contribution in [0.25, 0.3) is 0 Å². The maximum absolute atomic E-state index is 12.7. The maximum atomic E-state index is 12.7. The van der Waals surface area contributed by atoms with Crippen LogP contribution in [0.4, 0.5) is 5.69 Å². The van der Waals surface area contributed by atoms with Crippen molar-refractivity contribution in [3.63, 3.8) is 0 Å². The van der Waals surface area contributed by atoms with Crippen LogP contribution >= 0.6 is 0 Å². The van der Waals surface area contributed by atoms with Crippen molar-refractivity contribution in [2.45, 2.75) is 45.3 Å². The number of nitrogens with zero attached hydrogens (tertiary/aromatic N) is 1. The molecule has 0 N–H and O–H groups in total. The fourth-order valence-electron chi connectivity index (χ4n) is 2.60. The second-order valence-corrected chi connectivity index (χ2v) is 6.76. The van der Waals surface area contributed by atoms with Crippen LogP contribution in [-0.2, 0) is 19.0 Å². The Morgan fingerprint density at radius 1 is 1.28 bits per heavy atom. The Hall–Kier alpha value is -2.41. The predicted octanol–water partition coefficient (Wildman–Crippen LogP) is 3.69. The fourth-order valence-corrected chi connectivity index (χ4v) is 2.60. The number of carbonyl (C=O) groups excluding carboxylic acids is 1. The Kier molecular flexibility index (Phi) is 5.79. The molecule has 1 saturated heterocycles. The smallest absolute Gasteiger partial charge is 0.340 e. The predicted molar refractivity (Wildman–Crippen MR) is 90.9 cm³/mol. The van der Waals surface area contributed by atoms with Gasteiger partial charge in [-0.3, -0.25) is 10.1 Å². The molecule has 2 rings (SSSR count). The Bertz CT molecular complexity index is 664. The van der Waals surface area contributed by atoms with E-state index in [1.807, 2.05) is 0 Å². The van der Waals surface area contributed by atoms with Gasteiger partial charge in [-0.25, -0.2) is 4.79 Å². The largest absolute Gasteiger partial charge is 0.497 e. The molecule has 0 aromatic heterocycles. The van der Waals surface area contributed by atoms with Crippen molar-refractivity contribution in [1.82, 2.24) is 0 Å². The van der Waals surface area contributed by atoms with E-state index in [9.17, 15) is 14.9 Å². The minimum atomic E-state index is -0.719. The number of methoxy groups -OCH3 is 1. The summed E-state index contributed by atoms with van der Waals surface area (Å²) < 4.78 is 16.7. The Morgan fingerprint density at radius 2 is 1.92 bits per heavy atom. The van der Waals surface area contributed by atoms with E-state index < -0.39 is 22.6 Å². The third-order valence-electron chi connectivity index (χ3n) is 3.65. The van der Waals surface area contributed by atoms with E-state index in [4.69, 9.17) is 14.2 Å². The summed E-state index contributed by atoms with van der Waals surface area (Å²) in [5, 5.41) is 10.8. The number of nitro groups is 1. The Balaban J connectivity index is 2.41. The molecule has 1 aliphatic heterocycles. The van der Waals surface area contributed by atoms with Crippen LogP contribution in [-0.4, -0.2) is 30.2 Å². The van der Waals surface area contributed by atoms with Gasteiger partial charge in [-0.15, -0.1) is 0 Å². The van der Waals surface area contributed by atoms with Gasteiger partial charge in [-0.1, -0.05) is 0 Å². The van der Waals surface area contributed by atoms with Gasteiger partial charge in [0.2, 0.25) is 0 Å². The molecule has 136 valence electrons. The van der Waals surface area contributed by atoms with E-state index >= 15 is 0 Å². The van der Waals surface area contributed by atoms with E-state index in [0.717, 1.165) is 6.42 Å². The zero-order valence-corrected chi connectivity index (χ0v) is 14.9. The van der Waals surface area contributed by atoms with Crippen LogP contribution in [0.1, 0.15) is 45.3 Å². The quantitative estimate of drug-likeness (QED) is 0.349. The lowest BCUT2D eigenvalue weighted by Gasteiger charge is -2.25. The molecule has 0 radical (unpaired) electrons. The number of rotatable bonds is 5. The molecular weight excluding hydrogens is 326 g/mol. The van der Waals surface area contributed by atoms with Crippen molar-refractivity contribution >= 4 is 11.7 Å². The van der Waals surface area contributed by atoms with Crippen molar-refractivity contribution in [3.05, 3.63) is 51.3 Å². The number of carbonyl (C=O) groups is 1. The van der Waals surface area contributed by atoms with Crippen LogP contribution in [0.5, 0.6) is 0 Å². The van der Waals surface area contributed by atoms with Crippen molar-refractivity contribution < 1.29 is 23.9 Å². The average molecular weight is 349 g/mol. The van der Waals surface area contributed by atoms with E-state index in [-0.39, 0.29) is 5.69 Å². The zero-order valence-electron chi connectivity index (χ0n) is 14.9. The third-order valence-corrected chi connectivity index (χ3v) is 3.65. The zero-order chi connectivity index (χ0) is 18.6. The number of nitro benzene ring substituents is 1. The van der Waals surface area contributed by atoms with Gasteiger partial charge in [0.25, 0.3) is 5.69 Å². The highest BCUT2D eigenvalue weighted by atomic mass is 16.6. The molecule has 1 atom stereocenters. The number of esters is 1. The van der Waals surface area contributed by atoms with E-state index in [1.54, 1.807) is 32.9 Å². The van der Waals surface area contributed by atoms with E-state index in [2.05, 4.69) is 0 Å². The molecule has 0 saturated carbocycles. The SMILES string of the molecule is COC(/C(C(=O)OC(C)(C)C)=C1/CCCO1)c1ccc([N+](=O)[O-])cc1. The summed E-state index contributed by atoms with van der Waals surface area (Å²) in [6.45, 7) is 5.90. The molecule has 1 aromatic rings. The summed E-state index contributed by atoms with van der Waals surface area (Å²) in [5.74, 6) is 0.0501. The topological polar surface area (TPSA) is 87.9 Å². The van der Waals surface area contributed by atoms with Crippen LogP contribution in [0.15, 0.2) is 35.6 Å². The van der Waals surface area contributed by atoms with Gasteiger partial charge in [0.15, 0.2) is 0 Å². The third kappa shape index (κ3) is 4.79. The lowest BCUT2D eigenvalue weighted by atomic mass is 9.98. The first-order valence-corrected chi connectivity index (χ1v) is 8.09. The molecule has 1 heterocycles. The molecule has 1 aromatic carbocycles. The Labute approximate surface area is 146 Å². The van der Waals surface area contributed by atoms with Crippen LogP contribution < -0.4 is 0 Å². The van der Waals surface area contributed by atoms with Gasteiger partial charge in [-0.05, 0) is 44.9 Å². The van der Waals surface area contributed by atoms with Crippen LogP contribution in [0.3, 0.4) is 0 Å². The Morgan fingerprint density at radius 3 is 2.36 bits per heavy atom. The summed E-state index contributed by atoms with van der Waals surface area (Å²) in [6, 6.07) is 5.92. The first kappa shape index (κ1) is 18.9. The highest BCUT2D eigenvalue weighted by molar-refractivity contribution is 5.91. The normalized spacial score (nSPS) is 17.6. The van der Waals surface area contributed by atoms with Crippen molar-refractivity contribution in [2.24, 2.45) is 0 Å². The number of benzene rings is 1. The summed E-state index contributed by atoms with van der Waals surface area (Å²) >= 11 is 0. The molecule has 0 aliphatic carbocycles. The summed E-state index contributed by atoms with van der Waals surface area (Å²) in [4.78, 5) is 23.1. The fraction of sp³-hybridized carbons (Fsp3) is 0.500. The summed E-state index contributed by atoms with van der Waals surface area (Å²) in [6.07, 6.45) is 0.725. The molecule has 0 spiro atoms. The molecule has 25 heavy (non-hydrogen) atoms. The molecule has 7 heteroatoms. The first-order valence-electron chi connectivity index (χ1n) is 8.09. The molecule has 1 aliphatic rings. The van der Waals surface area contributed by atoms with Gasteiger partial charge in [0.1, 0.15) is 23.0 Å². The molecule has 0 amide bonds. The maximum Gasteiger partial charge on any atom is 0.340 e. The van der Waals surface area contributed by atoms with Gasteiger partial charge in [0, 0.05) is 25.7 Å². The lowest BCUT2D eigenvalue weighted by Crippen LogP contribution is -2.28. The number of hydrogen-bond donors (Lipinski definition) is 0. The summed E-state index contributed by atoms with van der Waals surface area (Å²) in [5.41, 5.74) is 0.248. The van der Waals surface area contributed by atoms with E-state index in [1.165, 1.54) is 19.2 Å². The molecular formula is C18H23NO6. The second-order valence-electron chi connectivity index (χ2n) is 6.76. The van der Waals surface area contributed by atoms with Crippen LogP contribution in [0, 0.1) is 10.1 Å². The molecule has 1 fully saturated rings. The van der Waals surface area contributed by atoms with Gasteiger partial charge >= 0.3 is 5.97 Å². The standard InChI is InChI=1S/C18H23NO6/c1-18(2,3)25-17(20)15(14-6-5-11-24-14)16(23-4)12-7-9-13(10-8-12)19(21)22/h7-10,16H,5-6,11H2,1-4H3/b15-14+. The number of hydrogen-bond acceptors (Lipinski definition) is 6. The van der Waals surface area contributed by atoms with Gasteiger partial charge in [0.05, 0.1) is 11.5 Å². The molecule has 7 nitrogen and oxygen atoms in total. The monoisotopic (exact) mass is 349 g/mol.